The normalized spacial score (nSPS) is 33.9. The third kappa shape index (κ3) is 6.23. The van der Waals surface area contributed by atoms with Gasteiger partial charge in [-0.3, -0.25) is 0 Å². The van der Waals surface area contributed by atoms with Crippen LogP contribution in [0.2, 0.25) is 0 Å². The molecule has 0 amide bonds. The summed E-state index contributed by atoms with van der Waals surface area (Å²) in [6.45, 7) is 2.73. The highest BCUT2D eigenvalue weighted by Crippen LogP contribution is 2.26. The van der Waals surface area contributed by atoms with Gasteiger partial charge in [-0.15, -0.1) is 0 Å². The molecule has 8 N–H and O–H groups in total. The molecule has 10 heteroatoms. The summed E-state index contributed by atoms with van der Waals surface area (Å²) >= 11 is 0. The molecule has 4 rings (SSSR count). The second-order valence-corrected chi connectivity index (χ2v) is 10.1. The van der Waals surface area contributed by atoms with Crippen LogP contribution in [0.15, 0.2) is 36.4 Å². The Labute approximate surface area is 232 Å². The Morgan fingerprint density at radius 3 is 1.27 bits per heavy atom. The molecular formula is C30H34O10. The van der Waals surface area contributed by atoms with Crippen LogP contribution in [0.1, 0.15) is 22.3 Å². The third-order valence-electron chi connectivity index (χ3n) is 7.27. The molecule has 10 nitrogen and oxygen atoms in total. The topological polar surface area (TPSA) is 180 Å². The van der Waals surface area contributed by atoms with Crippen LogP contribution >= 0.6 is 0 Å². The lowest BCUT2D eigenvalue weighted by Crippen LogP contribution is -2.58. The van der Waals surface area contributed by atoms with Crippen molar-refractivity contribution in [1.29, 1.82) is 0 Å². The van der Waals surface area contributed by atoms with Crippen molar-refractivity contribution >= 4 is 0 Å². The monoisotopic (exact) mass is 554 g/mol. The smallest absolute Gasteiger partial charge is 0.147 e. The summed E-state index contributed by atoms with van der Waals surface area (Å²) in [4.78, 5) is 0. The number of aliphatic hydroxyl groups excluding tert-OH is 8. The predicted octanol–water partition coefficient (Wildman–Crippen LogP) is -1.64. The average molecular weight is 555 g/mol. The van der Waals surface area contributed by atoms with E-state index in [1.165, 1.54) is 0 Å². The highest BCUT2D eigenvalue weighted by Gasteiger charge is 2.43. The molecule has 40 heavy (non-hydrogen) atoms. The molecule has 0 aliphatic carbocycles. The van der Waals surface area contributed by atoms with Gasteiger partial charge in [0.15, 0.2) is 0 Å². The minimum atomic E-state index is -1.48. The van der Waals surface area contributed by atoms with Crippen LogP contribution in [0, 0.1) is 37.5 Å². The lowest BCUT2D eigenvalue weighted by molar-refractivity contribution is -0.214. The van der Waals surface area contributed by atoms with Gasteiger partial charge in [-0.1, -0.05) is 47.9 Å². The van der Waals surface area contributed by atoms with Crippen LogP contribution in [-0.2, 0) is 9.47 Å². The molecule has 10 unspecified atom stereocenters. The Bertz CT molecular complexity index is 1220. The van der Waals surface area contributed by atoms with Gasteiger partial charge in [0, 0.05) is 11.1 Å². The van der Waals surface area contributed by atoms with Crippen molar-refractivity contribution in [3.63, 3.8) is 0 Å². The van der Waals surface area contributed by atoms with Gasteiger partial charge >= 0.3 is 0 Å². The molecule has 0 bridgehead atoms. The summed E-state index contributed by atoms with van der Waals surface area (Å²) in [5.41, 5.74) is 4.93. The molecule has 0 aromatic heterocycles. The van der Waals surface area contributed by atoms with Gasteiger partial charge in [-0.25, -0.2) is 0 Å². The van der Waals surface area contributed by atoms with E-state index >= 15 is 0 Å². The number of aryl methyl sites for hydroxylation is 2. The Morgan fingerprint density at radius 2 is 0.950 bits per heavy atom. The van der Waals surface area contributed by atoms with Crippen LogP contribution in [0.3, 0.4) is 0 Å². The van der Waals surface area contributed by atoms with E-state index in [2.05, 4.69) is 23.7 Å². The van der Waals surface area contributed by atoms with Crippen molar-refractivity contribution in [3.05, 3.63) is 58.7 Å². The average Bonchev–Trinajstić information content (AvgIpc) is 2.95. The number of hydrogen-bond donors (Lipinski definition) is 8. The largest absolute Gasteiger partial charge is 0.394 e. The molecule has 0 saturated carbocycles. The Morgan fingerprint density at radius 1 is 0.575 bits per heavy atom. The van der Waals surface area contributed by atoms with Crippen molar-refractivity contribution in [1.82, 2.24) is 0 Å². The number of rotatable bonds is 3. The molecule has 2 fully saturated rings. The van der Waals surface area contributed by atoms with Crippen molar-refractivity contribution < 1.29 is 50.3 Å². The van der Waals surface area contributed by atoms with Crippen molar-refractivity contribution in [2.75, 3.05) is 13.2 Å². The minimum absolute atomic E-state index is 0.519. The molecule has 2 aliphatic rings. The summed E-state index contributed by atoms with van der Waals surface area (Å²) < 4.78 is 10.9. The molecule has 2 aliphatic heterocycles. The fourth-order valence-electron chi connectivity index (χ4n) is 4.71. The maximum absolute atomic E-state index is 10.2. The van der Waals surface area contributed by atoms with Gasteiger partial charge in [0.05, 0.1) is 13.2 Å². The fraction of sp³-hybridized carbons (Fsp3) is 0.467. The first-order valence-corrected chi connectivity index (χ1v) is 12.9. The third-order valence-corrected chi connectivity index (χ3v) is 7.27. The van der Waals surface area contributed by atoms with E-state index in [-0.39, 0.29) is 0 Å². The summed E-state index contributed by atoms with van der Waals surface area (Å²) in [6, 6.07) is 11.3. The Hall–Kier alpha value is -2.84. The van der Waals surface area contributed by atoms with Gasteiger partial charge in [-0.05, 0) is 48.2 Å². The summed E-state index contributed by atoms with van der Waals surface area (Å²) in [5.74, 6) is 11.5. The second-order valence-electron chi connectivity index (χ2n) is 10.1. The van der Waals surface area contributed by atoms with Crippen molar-refractivity contribution in [2.24, 2.45) is 0 Å². The molecule has 2 heterocycles. The number of benzene rings is 2. The zero-order valence-corrected chi connectivity index (χ0v) is 22.0. The first-order valence-electron chi connectivity index (χ1n) is 12.9. The summed E-state index contributed by atoms with van der Waals surface area (Å²) in [7, 11) is 0. The van der Waals surface area contributed by atoms with E-state index in [9.17, 15) is 40.9 Å². The highest BCUT2D eigenvalue weighted by atomic mass is 16.5. The van der Waals surface area contributed by atoms with Gasteiger partial charge in [0.2, 0.25) is 0 Å². The SMILES string of the molecule is Cc1cc(-c2ccc(C#CC3OC(CO)C(O)C(O)C3O)c(C)c2)ccc1C#CC1OC(CO)C(O)C(O)C1O. The van der Waals surface area contributed by atoms with Crippen molar-refractivity contribution in [2.45, 2.75) is 74.9 Å². The first-order chi connectivity index (χ1) is 19.0. The molecule has 2 aromatic rings. The van der Waals surface area contributed by atoms with Gasteiger partial charge in [0.1, 0.15) is 61.0 Å². The molecular weight excluding hydrogens is 520 g/mol. The maximum Gasteiger partial charge on any atom is 0.147 e. The van der Waals surface area contributed by atoms with Crippen LogP contribution < -0.4 is 0 Å². The zero-order chi connectivity index (χ0) is 29.1. The van der Waals surface area contributed by atoms with E-state index in [1.54, 1.807) is 0 Å². The lowest BCUT2D eigenvalue weighted by atomic mass is 9.94. The maximum atomic E-state index is 10.2. The quantitative estimate of drug-likeness (QED) is 0.205. The lowest BCUT2D eigenvalue weighted by Gasteiger charge is -2.37. The van der Waals surface area contributed by atoms with E-state index in [1.807, 2.05) is 50.2 Å². The van der Waals surface area contributed by atoms with Crippen LogP contribution in [0.25, 0.3) is 11.1 Å². The molecule has 10 atom stereocenters. The van der Waals surface area contributed by atoms with Gasteiger partial charge in [-0.2, -0.15) is 0 Å². The van der Waals surface area contributed by atoms with Gasteiger partial charge < -0.3 is 50.3 Å². The number of hydrogen-bond acceptors (Lipinski definition) is 10. The second kappa shape index (κ2) is 12.8. The molecule has 0 radical (unpaired) electrons. The minimum Gasteiger partial charge on any atom is -0.394 e. The van der Waals surface area contributed by atoms with Crippen LogP contribution in [0.5, 0.6) is 0 Å². The fourth-order valence-corrected chi connectivity index (χ4v) is 4.71. The summed E-state index contributed by atoms with van der Waals surface area (Å²) in [5, 5.41) is 78.9. The number of aliphatic hydroxyl groups is 8. The van der Waals surface area contributed by atoms with E-state index in [4.69, 9.17) is 9.47 Å². The zero-order valence-electron chi connectivity index (χ0n) is 22.0. The predicted molar refractivity (Wildman–Crippen MR) is 143 cm³/mol. The molecule has 214 valence electrons. The van der Waals surface area contributed by atoms with Crippen LogP contribution in [-0.4, -0.2) is 115 Å². The molecule has 2 saturated heterocycles. The Kier molecular flexibility index (Phi) is 9.62. The van der Waals surface area contributed by atoms with E-state index < -0.39 is 74.3 Å². The van der Waals surface area contributed by atoms with Crippen molar-refractivity contribution in [3.8, 4) is 34.8 Å². The van der Waals surface area contributed by atoms with E-state index in [0.29, 0.717) is 11.1 Å². The molecule has 2 aromatic carbocycles. The first kappa shape index (κ1) is 30.1. The van der Waals surface area contributed by atoms with Crippen LogP contribution in [0.4, 0.5) is 0 Å². The van der Waals surface area contributed by atoms with E-state index in [0.717, 1.165) is 22.3 Å². The molecule has 0 spiro atoms. The standard InChI is InChI=1S/C30H34O10/c1-15-11-19(5-3-17(15)7-9-21-25(33)29(37)27(35)23(13-31)39-21)20-6-4-18(16(2)12-20)8-10-22-26(34)30(38)28(36)24(14-32)40-22/h3-6,11-12,21-38H,13-14H2,1-2H3. The summed E-state index contributed by atoms with van der Waals surface area (Å²) in [6.07, 6.45) is -12.9. The Balaban J connectivity index is 1.49. The highest BCUT2D eigenvalue weighted by molar-refractivity contribution is 5.68. The number of ether oxygens (including phenoxy) is 2. The van der Waals surface area contributed by atoms with Gasteiger partial charge in [0.25, 0.3) is 0 Å².